The average Bonchev–Trinajstić information content (AvgIpc) is 1.88. The average molecular weight is 140 g/mol. The third-order valence-corrected chi connectivity index (χ3v) is 1.96. The van der Waals surface area contributed by atoms with E-state index in [0.717, 1.165) is 19.1 Å². The summed E-state index contributed by atoms with van der Waals surface area (Å²) in [7, 11) is 0. The number of aldehydes is 1. The van der Waals surface area contributed by atoms with E-state index in [1.165, 1.54) is 5.57 Å². The van der Waals surface area contributed by atoms with Gasteiger partial charge >= 0.3 is 0 Å². The molecule has 1 unspecified atom stereocenters. The van der Waals surface area contributed by atoms with Gasteiger partial charge in [0.15, 0.2) is 0 Å². The van der Waals surface area contributed by atoms with Gasteiger partial charge in [-0.2, -0.15) is 0 Å². The predicted octanol–water partition coefficient (Wildman–Crippen LogP) is 0.904. The first-order valence-electron chi connectivity index (χ1n) is 3.62. The van der Waals surface area contributed by atoms with E-state index in [-0.39, 0.29) is 6.61 Å². The van der Waals surface area contributed by atoms with Crippen molar-refractivity contribution in [3.05, 3.63) is 11.6 Å². The van der Waals surface area contributed by atoms with Crippen molar-refractivity contribution in [2.24, 2.45) is 5.92 Å². The number of carbonyl (C=O) groups excluding carboxylic acids is 1. The fourth-order valence-electron chi connectivity index (χ4n) is 1.17. The minimum absolute atomic E-state index is 0.241. The van der Waals surface area contributed by atoms with Crippen molar-refractivity contribution in [2.45, 2.75) is 19.3 Å². The van der Waals surface area contributed by atoms with Gasteiger partial charge in [0.2, 0.25) is 0 Å². The van der Waals surface area contributed by atoms with Gasteiger partial charge in [-0.3, -0.25) is 0 Å². The Morgan fingerprint density at radius 3 is 3.00 bits per heavy atom. The molecule has 56 valence electrons. The van der Waals surface area contributed by atoms with E-state index in [0.29, 0.717) is 12.3 Å². The Kier molecular flexibility index (Phi) is 2.63. The number of rotatable bonds is 4. The van der Waals surface area contributed by atoms with Crippen molar-refractivity contribution < 1.29 is 9.90 Å². The smallest absolute Gasteiger partial charge is 0.120 e. The number of allylic oxidation sites excluding steroid dienone is 1. The van der Waals surface area contributed by atoms with Crippen LogP contribution in [0.3, 0.4) is 0 Å². The summed E-state index contributed by atoms with van der Waals surface area (Å²) in [5.41, 5.74) is 1.26. The lowest BCUT2D eigenvalue weighted by Gasteiger charge is -2.24. The molecule has 0 aromatic rings. The maximum atomic E-state index is 9.95. The molecule has 1 aliphatic carbocycles. The van der Waals surface area contributed by atoms with E-state index in [9.17, 15) is 4.79 Å². The third-order valence-electron chi connectivity index (χ3n) is 1.96. The highest BCUT2D eigenvalue weighted by atomic mass is 16.3. The first kappa shape index (κ1) is 7.48. The highest BCUT2D eigenvalue weighted by molar-refractivity contribution is 5.50. The van der Waals surface area contributed by atoms with Crippen LogP contribution in [0.1, 0.15) is 19.3 Å². The topological polar surface area (TPSA) is 37.3 Å². The summed E-state index contributed by atoms with van der Waals surface area (Å²) in [5, 5.41) is 8.73. The summed E-state index contributed by atoms with van der Waals surface area (Å²) in [5.74, 6) is 0.361. The van der Waals surface area contributed by atoms with Crippen molar-refractivity contribution in [3.63, 3.8) is 0 Å². The lowest BCUT2D eigenvalue weighted by atomic mass is 9.83. The van der Waals surface area contributed by atoms with Crippen LogP contribution in [0.25, 0.3) is 0 Å². The summed E-state index contributed by atoms with van der Waals surface area (Å²) < 4.78 is 0. The lowest BCUT2D eigenvalue weighted by molar-refractivity contribution is -0.107. The van der Waals surface area contributed by atoms with Crippen LogP contribution in [-0.2, 0) is 4.79 Å². The molecule has 2 heteroatoms. The maximum Gasteiger partial charge on any atom is 0.120 e. The number of aliphatic hydroxyl groups is 1. The van der Waals surface area contributed by atoms with Gasteiger partial charge in [0.1, 0.15) is 6.29 Å². The molecule has 1 rings (SSSR count). The number of carbonyl (C=O) groups is 1. The lowest BCUT2D eigenvalue weighted by Crippen LogP contribution is -2.16. The van der Waals surface area contributed by atoms with Gasteiger partial charge in [0.05, 0.1) is 0 Å². The maximum absolute atomic E-state index is 9.95. The molecule has 0 saturated carbocycles. The van der Waals surface area contributed by atoms with Crippen molar-refractivity contribution in [3.8, 4) is 0 Å². The van der Waals surface area contributed by atoms with Gasteiger partial charge in [-0.15, -0.1) is 0 Å². The summed E-state index contributed by atoms with van der Waals surface area (Å²) >= 11 is 0. The number of hydrogen-bond donors (Lipinski definition) is 1. The van der Waals surface area contributed by atoms with Crippen LogP contribution in [0, 0.1) is 5.92 Å². The van der Waals surface area contributed by atoms with Gasteiger partial charge in [0.25, 0.3) is 0 Å². The van der Waals surface area contributed by atoms with Gasteiger partial charge in [0, 0.05) is 18.9 Å². The SMILES string of the molecule is O=CCCC1=CCC1CO. The molecule has 0 amide bonds. The van der Waals surface area contributed by atoms with Gasteiger partial charge in [-0.1, -0.05) is 11.6 Å². The molecule has 0 fully saturated rings. The fraction of sp³-hybridized carbons (Fsp3) is 0.625. The van der Waals surface area contributed by atoms with E-state index in [2.05, 4.69) is 6.08 Å². The molecule has 0 aromatic heterocycles. The van der Waals surface area contributed by atoms with Crippen LogP contribution in [0.4, 0.5) is 0 Å². The molecular weight excluding hydrogens is 128 g/mol. The third kappa shape index (κ3) is 1.45. The molecular formula is C8H12O2. The minimum atomic E-state index is 0.241. The highest BCUT2D eigenvalue weighted by Gasteiger charge is 2.18. The van der Waals surface area contributed by atoms with E-state index < -0.39 is 0 Å². The normalized spacial score (nSPS) is 23.3. The molecule has 0 aromatic carbocycles. The van der Waals surface area contributed by atoms with Crippen LogP contribution >= 0.6 is 0 Å². The largest absolute Gasteiger partial charge is 0.396 e. The molecule has 1 atom stereocenters. The number of hydrogen-bond acceptors (Lipinski definition) is 2. The Hall–Kier alpha value is -0.630. The Bertz CT molecular complexity index is 149. The first-order chi connectivity index (χ1) is 4.88. The predicted molar refractivity (Wildman–Crippen MR) is 38.6 cm³/mol. The van der Waals surface area contributed by atoms with Crippen LogP contribution in [0.2, 0.25) is 0 Å². The summed E-state index contributed by atoms with van der Waals surface area (Å²) in [6.45, 7) is 0.241. The molecule has 0 aliphatic heterocycles. The van der Waals surface area contributed by atoms with Crippen LogP contribution in [0.5, 0.6) is 0 Å². The van der Waals surface area contributed by atoms with Crippen molar-refractivity contribution in [2.75, 3.05) is 6.61 Å². The monoisotopic (exact) mass is 140 g/mol. The Labute approximate surface area is 60.6 Å². The van der Waals surface area contributed by atoms with Crippen LogP contribution in [-0.4, -0.2) is 18.0 Å². The van der Waals surface area contributed by atoms with Crippen LogP contribution < -0.4 is 0 Å². The Morgan fingerprint density at radius 1 is 1.80 bits per heavy atom. The zero-order valence-electron chi connectivity index (χ0n) is 5.92. The molecule has 1 N–H and O–H groups in total. The first-order valence-corrected chi connectivity index (χ1v) is 3.62. The molecule has 0 radical (unpaired) electrons. The van der Waals surface area contributed by atoms with E-state index >= 15 is 0 Å². The second kappa shape index (κ2) is 3.52. The fourth-order valence-corrected chi connectivity index (χ4v) is 1.17. The summed E-state index contributed by atoms with van der Waals surface area (Å²) in [6.07, 6.45) is 5.46. The molecule has 0 saturated heterocycles. The van der Waals surface area contributed by atoms with E-state index in [1.54, 1.807) is 0 Å². The number of aliphatic hydroxyl groups excluding tert-OH is 1. The van der Waals surface area contributed by atoms with E-state index in [1.807, 2.05) is 0 Å². The zero-order valence-corrected chi connectivity index (χ0v) is 5.92. The molecule has 1 aliphatic rings. The van der Waals surface area contributed by atoms with Crippen molar-refractivity contribution in [1.29, 1.82) is 0 Å². The van der Waals surface area contributed by atoms with Crippen molar-refractivity contribution in [1.82, 2.24) is 0 Å². The van der Waals surface area contributed by atoms with Gasteiger partial charge in [-0.05, 0) is 12.8 Å². The highest BCUT2D eigenvalue weighted by Crippen LogP contribution is 2.29. The Balaban J connectivity index is 2.23. The summed E-state index contributed by atoms with van der Waals surface area (Å²) in [6, 6.07) is 0. The molecule has 0 heterocycles. The minimum Gasteiger partial charge on any atom is -0.396 e. The Morgan fingerprint density at radius 2 is 2.60 bits per heavy atom. The zero-order chi connectivity index (χ0) is 7.40. The second-order valence-corrected chi connectivity index (χ2v) is 2.60. The molecule has 10 heavy (non-hydrogen) atoms. The molecule has 0 spiro atoms. The van der Waals surface area contributed by atoms with Gasteiger partial charge in [-0.25, -0.2) is 0 Å². The van der Waals surface area contributed by atoms with Crippen LogP contribution in [0.15, 0.2) is 11.6 Å². The van der Waals surface area contributed by atoms with E-state index in [4.69, 9.17) is 5.11 Å². The molecule has 2 nitrogen and oxygen atoms in total. The van der Waals surface area contributed by atoms with Gasteiger partial charge < -0.3 is 9.90 Å². The standard InChI is InChI=1S/C8H12O2/c9-5-1-2-7-3-4-8(7)6-10/h3,5,8,10H,1-2,4,6H2. The van der Waals surface area contributed by atoms with Crippen molar-refractivity contribution >= 4 is 6.29 Å². The quantitative estimate of drug-likeness (QED) is 0.465. The molecule has 0 bridgehead atoms. The second-order valence-electron chi connectivity index (χ2n) is 2.60. The summed E-state index contributed by atoms with van der Waals surface area (Å²) in [4.78, 5) is 9.95.